The van der Waals surface area contributed by atoms with Crippen molar-refractivity contribution in [1.29, 1.82) is 0 Å². The zero-order valence-electron chi connectivity index (χ0n) is 12.1. The lowest BCUT2D eigenvalue weighted by Gasteiger charge is -2.31. The van der Waals surface area contributed by atoms with Gasteiger partial charge in [-0.15, -0.1) is 12.4 Å². The molecule has 4 N–H and O–H groups in total. The van der Waals surface area contributed by atoms with E-state index in [1.165, 1.54) is 0 Å². The average molecular weight is 313 g/mol. The first-order valence-electron chi connectivity index (χ1n) is 6.70. The first-order valence-corrected chi connectivity index (χ1v) is 6.70. The molecule has 21 heavy (non-hydrogen) atoms. The van der Waals surface area contributed by atoms with Gasteiger partial charge in [0.25, 0.3) is 0 Å². The molecule has 0 aliphatic carbocycles. The number of halogens is 1. The Kier molecular flexibility index (Phi) is 6.45. The lowest BCUT2D eigenvalue weighted by atomic mass is 9.88. The number of urea groups is 1. The summed E-state index contributed by atoms with van der Waals surface area (Å²) < 4.78 is 0. The van der Waals surface area contributed by atoms with Crippen LogP contribution in [0.5, 0.6) is 0 Å². The number of amides is 3. The van der Waals surface area contributed by atoms with Crippen LogP contribution in [0.3, 0.4) is 0 Å². The third kappa shape index (κ3) is 4.61. The van der Waals surface area contributed by atoms with Gasteiger partial charge in [0.05, 0.1) is 0 Å². The fourth-order valence-corrected chi connectivity index (χ4v) is 2.00. The number of nitrogens with one attached hydrogen (secondary N) is 4. The number of anilines is 2. The number of hydrogen-bond donors (Lipinski definition) is 4. The third-order valence-electron chi connectivity index (χ3n) is 3.55. The summed E-state index contributed by atoms with van der Waals surface area (Å²) in [4.78, 5) is 23.3. The summed E-state index contributed by atoms with van der Waals surface area (Å²) in [6, 6.07) is 6.81. The van der Waals surface area contributed by atoms with E-state index in [-0.39, 0.29) is 30.3 Å². The van der Waals surface area contributed by atoms with Crippen molar-refractivity contribution in [2.24, 2.45) is 11.8 Å². The van der Waals surface area contributed by atoms with Gasteiger partial charge in [-0.25, -0.2) is 4.79 Å². The third-order valence-corrected chi connectivity index (χ3v) is 3.55. The fraction of sp³-hybridized carbons (Fsp3) is 0.429. The summed E-state index contributed by atoms with van der Waals surface area (Å²) in [5.74, 6) is 0.391. The van der Waals surface area contributed by atoms with Crippen LogP contribution in [-0.4, -0.2) is 32.1 Å². The molecule has 0 spiro atoms. The molecule has 6 nitrogen and oxygen atoms in total. The minimum Gasteiger partial charge on any atom is -0.341 e. The largest absolute Gasteiger partial charge is 0.341 e. The molecule has 0 aromatic heterocycles. The van der Waals surface area contributed by atoms with E-state index in [1.54, 1.807) is 31.3 Å². The van der Waals surface area contributed by atoms with E-state index in [4.69, 9.17) is 0 Å². The van der Waals surface area contributed by atoms with Crippen LogP contribution in [0, 0.1) is 11.8 Å². The molecule has 1 heterocycles. The first kappa shape index (κ1) is 17.3. The molecule has 0 saturated carbocycles. The molecule has 1 aliphatic rings. The minimum atomic E-state index is -0.289. The van der Waals surface area contributed by atoms with Gasteiger partial charge in [-0.3, -0.25) is 4.79 Å². The zero-order valence-corrected chi connectivity index (χ0v) is 12.9. The Hall–Kier alpha value is -1.79. The van der Waals surface area contributed by atoms with Gasteiger partial charge < -0.3 is 21.3 Å². The Morgan fingerprint density at radius 2 is 1.86 bits per heavy atom. The van der Waals surface area contributed by atoms with Gasteiger partial charge in [-0.1, -0.05) is 13.0 Å². The van der Waals surface area contributed by atoms with Crippen molar-refractivity contribution in [3.8, 4) is 0 Å². The lowest BCUT2D eigenvalue weighted by molar-refractivity contribution is -0.121. The number of carbonyl (C=O) groups is 2. The molecule has 0 bridgehead atoms. The Labute approximate surface area is 130 Å². The van der Waals surface area contributed by atoms with Crippen molar-refractivity contribution in [1.82, 2.24) is 10.6 Å². The second kappa shape index (κ2) is 7.85. The quantitative estimate of drug-likeness (QED) is 0.682. The second-order valence-electron chi connectivity index (χ2n) is 4.98. The van der Waals surface area contributed by atoms with Crippen LogP contribution in [0.25, 0.3) is 0 Å². The van der Waals surface area contributed by atoms with Crippen LogP contribution < -0.4 is 21.3 Å². The summed E-state index contributed by atoms with van der Waals surface area (Å²) in [5, 5.41) is 11.2. The van der Waals surface area contributed by atoms with Gasteiger partial charge in [0, 0.05) is 24.3 Å². The summed E-state index contributed by atoms with van der Waals surface area (Å²) in [7, 11) is 1.55. The molecule has 116 valence electrons. The monoisotopic (exact) mass is 312 g/mol. The number of carbonyl (C=O) groups excluding carboxylic acids is 2. The normalized spacial score (nSPS) is 15.1. The number of hydrogen-bond acceptors (Lipinski definition) is 3. The molecular weight excluding hydrogens is 292 g/mol. The van der Waals surface area contributed by atoms with Crippen molar-refractivity contribution in [3.63, 3.8) is 0 Å². The van der Waals surface area contributed by atoms with Gasteiger partial charge in [0.2, 0.25) is 5.91 Å². The van der Waals surface area contributed by atoms with E-state index >= 15 is 0 Å². The van der Waals surface area contributed by atoms with E-state index < -0.39 is 0 Å². The lowest BCUT2D eigenvalue weighted by Crippen LogP contribution is -2.48. The average Bonchev–Trinajstić information content (AvgIpc) is 2.36. The minimum absolute atomic E-state index is 0. The fourth-order valence-electron chi connectivity index (χ4n) is 2.00. The summed E-state index contributed by atoms with van der Waals surface area (Å²) in [6.45, 7) is 3.73. The van der Waals surface area contributed by atoms with Crippen molar-refractivity contribution in [2.75, 3.05) is 30.8 Å². The van der Waals surface area contributed by atoms with Crippen LogP contribution in [-0.2, 0) is 4.79 Å². The maximum Gasteiger partial charge on any atom is 0.318 e. The Morgan fingerprint density at radius 3 is 2.38 bits per heavy atom. The topological polar surface area (TPSA) is 82.3 Å². The van der Waals surface area contributed by atoms with E-state index in [9.17, 15) is 9.59 Å². The van der Waals surface area contributed by atoms with Gasteiger partial charge in [-0.05, 0) is 37.2 Å². The molecule has 2 rings (SSSR count). The summed E-state index contributed by atoms with van der Waals surface area (Å²) in [6.07, 6.45) is 0. The van der Waals surface area contributed by atoms with Crippen LogP contribution in [0.4, 0.5) is 16.2 Å². The smallest absolute Gasteiger partial charge is 0.318 e. The second-order valence-corrected chi connectivity index (χ2v) is 4.98. The van der Waals surface area contributed by atoms with Gasteiger partial charge in [-0.2, -0.15) is 0 Å². The van der Waals surface area contributed by atoms with Crippen molar-refractivity contribution >= 4 is 35.7 Å². The molecule has 1 aromatic carbocycles. The van der Waals surface area contributed by atoms with Gasteiger partial charge >= 0.3 is 6.03 Å². The zero-order chi connectivity index (χ0) is 14.5. The summed E-state index contributed by atoms with van der Waals surface area (Å²) >= 11 is 0. The van der Waals surface area contributed by atoms with Crippen LogP contribution in [0.1, 0.15) is 6.92 Å². The standard InChI is InChI=1S/C14H20N4O2.ClH/c1-9(10-7-16-8-10)13(19)17-11-4-3-5-12(6-11)18-14(20)15-2;/h3-6,9-10,16H,7-8H2,1-2H3,(H,17,19)(H2,15,18,20);1H. The maximum atomic E-state index is 12.1. The first-order chi connectivity index (χ1) is 9.60. The predicted octanol–water partition coefficient (Wildman–Crippen LogP) is 1.65. The van der Waals surface area contributed by atoms with E-state index in [0.29, 0.717) is 17.3 Å². The highest BCUT2D eigenvalue weighted by molar-refractivity contribution is 5.94. The number of benzene rings is 1. The predicted molar refractivity (Wildman–Crippen MR) is 85.9 cm³/mol. The van der Waals surface area contributed by atoms with Gasteiger partial charge in [0.15, 0.2) is 0 Å². The van der Waals surface area contributed by atoms with Crippen molar-refractivity contribution in [2.45, 2.75) is 6.92 Å². The van der Waals surface area contributed by atoms with Gasteiger partial charge in [0.1, 0.15) is 0 Å². The molecule has 0 radical (unpaired) electrons. The van der Waals surface area contributed by atoms with E-state index in [1.807, 2.05) is 6.92 Å². The Balaban J connectivity index is 0.00000220. The Bertz CT molecular complexity index is 506. The SMILES string of the molecule is CNC(=O)Nc1cccc(NC(=O)C(C)C2CNC2)c1.Cl. The summed E-state index contributed by atoms with van der Waals surface area (Å²) in [5.41, 5.74) is 1.32. The van der Waals surface area contributed by atoms with Crippen molar-refractivity contribution < 1.29 is 9.59 Å². The number of rotatable bonds is 4. The molecular formula is C14H21ClN4O2. The molecule has 1 unspecified atom stereocenters. The molecule has 7 heteroatoms. The molecule has 1 atom stereocenters. The highest BCUT2D eigenvalue weighted by Crippen LogP contribution is 2.20. The van der Waals surface area contributed by atoms with Crippen LogP contribution in [0.2, 0.25) is 0 Å². The van der Waals surface area contributed by atoms with E-state index in [2.05, 4.69) is 21.3 Å². The molecule has 3 amide bonds. The highest BCUT2D eigenvalue weighted by Gasteiger charge is 2.28. The molecule has 1 saturated heterocycles. The van der Waals surface area contributed by atoms with Crippen LogP contribution >= 0.6 is 12.4 Å². The van der Waals surface area contributed by atoms with E-state index in [0.717, 1.165) is 13.1 Å². The maximum absolute atomic E-state index is 12.1. The van der Waals surface area contributed by atoms with Crippen LogP contribution in [0.15, 0.2) is 24.3 Å². The Morgan fingerprint density at radius 1 is 1.24 bits per heavy atom. The molecule has 1 aromatic rings. The molecule has 1 aliphatic heterocycles. The molecule has 1 fully saturated rings. The van der Waals surface area contributed by atoms with Crippen molar-refractivity contribution in [3.05, 3.63) is 24.3 Å². The highest BCUT2D eigenvalue weighted by atomic mass is 35.5.